The van der Waals surface area contributed by atoms with Gasteiger partial charge in [0, 0.05) is 17.8 Å². The van der Waals surface area contributed by atoms with Crippen LogP contribution in [0, 0.1) is 5.92 Å². The molecule has 1 saturated carbocycles. The number of thiocarbonyl (C=S) groups is 1. The number of carbonyl (C=O) groups excluding carboxylic acids is 1. The minimum absolute atomic E-state index is 0.00576. The largest absolute Gasteiger partial charge is 0.389 e. The SMILES string of the molecule is CN(CC(=O)Nc1ccc(C(N)=S)cc1)CC1CC1. The van der Waals surface area contributed by atoms with Gasteiger partial charge in [-0.1, -0.05) is 12.2 Å². The van der Waals surface area contributed by atoms with Crippen LogP contribution in [0.2, 0.25) is 0 Å². The van der Waals surface area contributed by atoms with Crippen molar-refractivity contribution in [1.29, 1.82) is 0 Å². The number of amides is 1. The van der Waals surface area contributed by atoms with Crippen molar-refractivity contribution >= 4 is 28.8 Å². The van der Waals surface area contributed by atoms with E-state index >= 15 is 0 Å². The van der Waals surface area contributed by atoms with E-state index in [1.54, 1.807) is 0 Å². The summed E-state index contributed by atoms with van der Waals surface area (Å²) in [6, 6.07) is 7.25. The van der Waals surface area contributed by atoms with Gasteiger partial charge in [0.25, 0.3) is 0 Å². The van der Waals surface area contributed by atoms with E-state index < -0.39 is 0 Å². The van der Waals surface area contributed by atoms with E-state index in [1.165, 1.54) is 12.8 Å². The summed E-state index contributed by atoms with van der Waals surface area (Å²) < 4.78 is 0. The number of nitrogens with two attached hydrogens (primary N) is 1. The summed E-state index contributed by atoms with van der Waals surface area (Å²) in [4.78, 5) is 14.3. The highest BCUT2D eigenvalue weighted by atomic mass is 32.1. The van der Waals surface area contributed by atoms with Crippen LogP contribution in [0.4, 0.5) is 5.69 Å². The van der Waals surface area contributed by atoms with Crippen LogP contribution >= 0.6 is 12.2 Å². The molecule has 1 fully saturated rings. The lowest BCUT2D eigenvalue weighted by Crippen LogP contribution is -2.31. The average molecular weight is 277 g/mol. The Morgan fingerprint density at radius 1 is 1.42 bits per heavy atom. The van der Waals surface area contributed by atoms with Crippen LogP contribution in [-0.4, -0.2) is 35.9 Å². The van der Waals surface area contributed by atoms with Crippen LogP contribution < -0.4 is 11.1 Å². The number of rotatable bonds is 6. The van der Waals surface area contributed by atoms with E-state index in [4.69, 9.17) is 18.0 Å². The normalized spacial score (nSPS) is 14.4. The maximum atomic E-state index is 11.8. The molecule has 102 valence electrons. The van der Waals surface area contributed by atoms with Gasteiger partial charge < -0.3 is 11.1 Å². The number of anilines is 1. The fraction of sp³-hybridized carbons (Fsp3) is 0.429. The minimum Gasteiger partial charge on any atom is -0.389 e. The molecule has 1 aliphatic carbocycles. The molecule has 1 aliphatic rings. The van der Waals surface area contributed by atoms with Crippen LogP contribution in [0.1, 0.15) is 18.4 Å². The molecule has 1 aromatic carbocycles. The third-order valence-corrected chi connectivity index (χ3v) is 3.37. The lowest BCUT2D eigenvalue weighted by atomic mass is 10.2. The highest BCUT2D eigenvalue weighted by molar-refractivity contribution is 7.80. The molecule has 0 bridgehead atoms. The maximum Gasteiger partial charge on any atom is 0.238 e. The van der Waals surface area contributed by atoms with Crippen molar-refractivity contribution in [1.82, 2.24) is 4.90 Å². The van der Waals surface area contributed by atoms with Crippen molar-refractivity contribution in [2.24, 2.45) is 11.7 Å². The zero-order chi connectivity index (χ0) is 13.8. The summed E-state index contributed by atoms with van der Waals surface area (Å²) in [5.74, 6) is 0.800. The Hall–Kier alpha value is -1.46. The molecule has 0 spiro atoms. The topological polar surface area (TPSA) is 58.4 Å². The number of likely N-dealkylation sites (N-methyl/N-ethyl adjacent to an activating group) is 1. The van der Waals surface area contributed by atoms with Crippen molar-refractivity contribution in [2.75, 3.05) is 25.5 Å². The molecular weight excluding hydrogens is 258 g/mol. The second-order valence-electron chi connectivity index (χ2n) is 5.13. The van der Waals surface area contributed by atoms with Gasteiger partial charge in [-0.2, -0.15) is 0 Å². The molecule has 1 amide bonds. The second-order valence-corrected chi connectivity index (χ2v) is 5.57. The minimum atomic E-state index is 0.00576. The third kappa shape index (κ3) is 4.61. The Morgan fingerprint density at radius 2 is 2.05 bits per heavy atom. The number of benzene rings is 1. The van der Waals surface area contributed by atoms with Crippen molar-refractivity contribution in [2.45, 2.75) is 12.8 Å². The van der Waals surface area contributed by atoms with Crippen molar-refractivity contribution < 1.29 is 4.79 Å². The molecule has 2 rings (SSSR count). The average Bonchev–Trinajstić information content (AvgIpc) is 3.13. The first-order chi connectivity index (χ1) is 9.04. The third-order valence-electron chi connectivity index (χ3n) is 3.13. The van der Waals surface area contributed by atoms with E-state index in [0.29, 0.717) is 11.5 Å². The van der Waals surface area contributed by atoms with Crippen LogP contribution in [0.5, 0.6) is 0 Å². The molecule has 0 aromatic heterocycles. The Kier molecular flexibility index (Phi) is 4.50. The monoisotopic (exact) mass is 277 g/mol. The number of nitrogens with one attached hydrogen (secondary N) is 1. The van der Waals surface area contributed by atoms with Gasteiger partial charge in [-0.3, -0.25) is 9.69 Å². The number of hydrogen-bond acceptors (Lipinski definition) is 3. The number of carbonyl (C=O) groups is 1. The van der Waals surface area contributed by atoms with Gasteiger partial charge >= 0.3 is 0 Å². The van der Waals surface area contributed by atoms with Crippen molar-refractivity contribution in [3.05, 3.63) is 29.8 Å². The summed E-state index contributed by atoms with van der Waals surface area (Å²) in [6.07, 6.45) is 2.60. The first-order valence-corrected chi connectivity index (χ1v) is 6.83. The predicted octanol–water partition coefficient (Wildman–Crippen LogP) is 1.60. The summed E-state index contributed by atoms with van der Waals surface area (Å²) in [6.45, 7) is 1.43. The Labute approximate surface area is 119 Å². The zero-order valence-electron chi connectivity index (χ0n) is 11.1. The zero-order valence-corrected chi connectivity index (χ0v) is 11.9. The lowest BCUT2D eigenvalue weighted by molar-refractivity contribution is -0.117. The summed E-state index contributed by atoms with van der Waals surface area (Å²) in [5, 5.41) is 2.87. The molecule has 19 heavy (non-hydrogen) atoms. The van der Waals surface area contributed by atoms with E-state index in [2.05, 4.69) is 10.2 Å². The Bertz CT molecular complexity index is 468. The molecule has 0 heterocycles. The quantitative estimate of drug-likeness (QED) is 0.776. The first kappa shape index (κ1) is 14.0. The highest BCUT2D eigenvalue weighted by Gasteiger charge is 2.23. The number of hydrogen-bond donors (Lipinski definition) is 2. The summed E-state index contributed by atoms with van der Waals surface area (Å²) >= 11 is 4.88. The second kappa shape index (κ2) is 6.12. The van der Waals surface area contributed by atoms with Gasteiger partial charge in [-0.05, 0) is 50.1 Å². The van der Waals surface area contributed by atoms with Crippen molar-refractivity contribution in [3.8, 4) is 0 Å². The van der Waals surface area contributed by atoms with Gasteiger partial charge in [0.05, 0.1) is 6.54 Å². The molecule has 4 nitrogen and oxygen atoms in total. The molecular formula is C14H19N3OS. The van der Waals surface area contributed by atoms with Crippen LogP contribution in [0.15, 0.2) is 24.3 Å². The van der Waals surface area contributed by atoms with Gasteiger partial charge in [-0.25, -0.2) is 0 Å². The lowest BCUT2D eigenvalue weighted by Gasteiger charge is -2.15. The van der Waals surface area contributed by atoms with Crippen molar-refractivity contribution in [3.63, 3.8) is 0 Å². The molecule has 0 radical (unpaired) electrons. The van der Waals surface area contributed by atoms with Crippen LogP contribution in [0.25, 0.3) is 0 Å². The molecule has 0 saturated heterocycles. The summed E-state index contributed by atoms with van der Waals surface area (Å²) in [7, 11) is 1.98. The summed E-state index contributed by atoms with van der Waals surface area (Å²) in [5.41, 5.74) is 7.09. The molecule has 3 N–H and O–H groups in total. The van der Waals surface area contributed by atoms with E-state index in [1.807, 2.05) is 31.3 Å². The van der Waals surface area contributed by atoms with Crippen LogP contribution in [0.3, 0.4) is 0 Å². The first-order valence-electron chi connectivity index (χ1n) is 6.43. The predicted molar refractivity (Wildman–Crippen MR) is 81.2 cm³/mol. The standard InChI is InChI=1S/C14H19N3OS/c1-17(8-10-2-3-10)9-13(18)16-12-6-4-11(5-7-12)14(15)19/h4-7,10H,2-3,8-9H2,1H3,(H2,15,19)(H,16,18). The molecule has 1 aromatic rings. The highest BCUT2D eigenvalue weighted by Crippen LogP contribution is 2.29. The Morgan fingerprint density at radius 3 is 2.58 bits per heavy atom. The fourth-order valence-electron chi connectivity index (χ4n) is 1.97. The van der Waals surface area contributed by atoms with E-state index in [9.17, 15) is 4.79 Å². The van der Waals surface area contributed by atoms with Gasteiger partial charge in [0.2, 0.25) is 5.91 Å². The molecule has 0 unspecified atom stereocenters. The Balaban J connectivity index is 1.82. The maximum absolute atomic E-state index is 11.8. The van der Waals surface area contributed by atoms with Crippen LogP contribution in [-0.2, 0) is 4.79 Å². The molecule has 5 heteroatoms. The van der Waals surface area contributed by atoms with Gasteiger partial charge in [-0.15, -0.1) is 0 Å². The smallest absolute Gasteiger partial charge is 0.238 e. The van der Waals surface area contributed by atoms with E-state index in [-0.39, 0.29) is 5.91 Å². The molecule has 0 aliphatic heterocycles. The van der Waals surface area contributed by atoms with E-state index in [0.717, 1.165) is 23.7 Å². The fourth-order valence-corrected chi connectivity index (χ4v) is 2.11. The van der Waals surface area contributed by atoms with Gasteiger partial charge in [0.1, 0.15) is 4.99 Å². The van der Waals surface area contributed by atoms with Gasteiger partial charge in [0.15, 0.2) is 0 Å². The number of nitrogens with zero attached hydrogens (tertiary/aromatic N) is 1. The molecule has 0 atom stereocenters.